The smallest absolute Gasteiger partial charge is 0.160 e. The van der Waals surface area contributed by atoms with Gasteiger partial charge in [0.15, 0.2) is 5.65 Å². The zero-order valence-electron chi connectivity index (χ0n) is 11.0. The molecule has 1 aliphatic rings. The fourth-order valence-corrected chi connectivity index (χ4v) is 2.64. The van der Waals surface area contributed by atoms with Crippen LogP contribution in [0.5, 0.6) is 0 Å². The van der Waals surface area contributed by atoms with Crippen molar-refractivity contribution in [1.29, 1.82) is 0 Å². The maximum atomic E-state index is 4.45. The van der Waals surface area contributed by atoms with Crippen molar-refractivity contribution in [2.24, 2.45) is 5.41 Å². The predicted octanol–water partition coefficient (Wildman–Crippen LogP) is 2.37. The first-order chi connectivity index (χ1) is 8.66. The van der Waals surface area contributed by atoms with Crippen molar-refractivity contribution in [1.82, 2.24) is 20.2 Å². The van der Waals surface area contributed by atoms with E-state index >= 15 is 0 Å². The van der Waals surface area contributed by atoms with Gasteiger partial charge in [-0.25, -0.2) is 9.97 Å². The number of hydrogen-bond acceptors (Lipinski definition) is 4. The Morgan fingerprint density at radius 3 is 3.00 bits per heavy atom. The second-order valence-electron chi connectivity index (χ2n) is 5.83. The predicted molar refractivity (Wildman–Crippen MR) is 71.5 cm³/mol. The minimum atomic E-state index is 0.442. The number of fused-ring (bicyclic) bond motifs is 1. The molecule has 5 heteroatoms. The van der Waals surface area contributed by atoms with Gasteiger partial charge in [-0.3, -0.25) is 5.10 Å². The van der Waals surface area contributed by atoms with E-state index in [4.69, 9.17) is 0 Å². The topological polar surface area (TPSA) is 57.7 Å². The molecule has 0 saturated carbocycles. The summed E-state index contributed by atoms with van der Waals surface area (Å²) in [5.41, 5.74) is 1.26. The van der Waals surface area contributed by atoms with Crippen LogP contribution in [-0.2, 0) is 0 Å². The van der Waals surface area contributed by atoms with Crippen LogP contribution in [0.4, 0.5) is 5.82 Å². The summed E-state index contributed by atoms with van der Waals surface area (Å²) in [4.78, 5) is 11.0. The van der Waals surface area contributed by atoms with Crippen LogP contribution in [0, 0.1) is 5.41 Å². The van der Waals surface area contributed by atoms with Crippen molar-refractivity contribution in [3.05, 3.63) is 12.5 Å². The number of H-pyrrole nitrogens is 1. The molecule has 3 rings (SSSR count). The first-order valence-corrected chi connectivity index (χ1v) is 6.55. The summed E-state index contributed by atoms with van der Waals surface area (Å²) < 4.78 is 0. The lowest BCUT2D eigenvalue weighted by Crippen LogP contribution is -2.26. The molecule has 0 aromatic carbocycles. The van der Waals surface area contributed by atoms with E-state index in [-0.39, 0.29) is 0 Å². The Labute approximate surface area is 107 Å². The van der Waals surface area contributed by atoms with E-state index in [1.807, 2.05) is 6.20 Å². The largest absolute Gasteiger partial charge is 0.356 e. The Morgan fingerprint density at radius 2 is 2.11 bits per heavy atom. The van der Waals surface area contributed by atoms with E-state index in [2.05, 4.69) is 38.9 Å². The fourth-order valence-electron chi connectivity index (χ4n) is 2.64. The summed E-state index contributed by atoms with van der Waals surface area (Å²) in [6, 6.07) is 0. The average Bonchev–Trinajstić information content (AvgIpc) is 2.74. The quantitative estimate of drug-likeness (QED) is 0.838. The van der Waals surface area contributed by atoms with Gasteiger partial charge in [0.1, 0.15) is 12.1 Å². The van der Waals surface area contributed by atoms with E-state index in [9.17, 15) is 0 Å². The number of hydrogen-bond donors (Lipinski definition) is 1. The van der Waals surface area contributed by atoms with Gasteiger partial charge in [-0.1, -0.05) is 13.8 Å². The molecule has 3 heterocycles. The van der Waals surface area contributed by atoms with Crippen LogP contribution in [0.1, 0.15) is 33.1 Å². The first kappa shape index (κ1) is 11.4. The van der Waals surface area contributed by atoms with Gasteiger partial charge in [0.25, 0.3) is 0 Å². The highest BCUT2D eigenvalue weighted by molar-refractivity contribution is 5.86. The Morgan fingerprint density at radius 1 is 1.22 bits per heavy atom. The van der Waals surface area contributed by atoms with Crippen LogP contribution in [0.3, 0.4) is 0 Å². The number of rotatable bonds is 1. The normalized spacial score (nSPS) is 20.0. The molecule has 1 aliphatic heterocycles. The van der Waals surface area contributed by atoms with Gasteiger partial charge in [0.2, 0.25) is 0 Å². The molecule has 0 unspecified atom stereocenters. The molecule has 96 valence electrons. The molecular weight excluding hydrogens is 226 g/mol. The third kappa shape index (κ3) is 2.05. The molecule has 0 spiro atoms. The average molecular weight is 245 g/mol. The summed E-state index contributed by atoms with van der Waals surface area (Å²) >= 11 is 0. The standard InChI is InChI=1S/C13H19N5/c1-13(2)4-3-6-18(7-5-13)12-10-8-16-17-11(10)14-9-15-12/h8-9H,3-7H2,1-2H3,(H,14,15,16,17). The third-order valence-corrected chi connectivity index (χ3v) is 3.87. The van der Waals surface area contributed by atoms with E-state index in [1.54, 1.807) is 6.33 Å². The Hall–Kier alpha value is -1.65. The van der Waals surface area contributed by atoms with Crippen LogP contribution in [0.15, 0.2) is 12.5 Å². The molecule has 0 bridgehead atoms. The molecule has 0 aliphatic carbocycles. The molecular formula is C13H19N5. The lowest BCUT2D eigenvalue weighted by molar-refractivity contribution is 0.325. The van der Waals surface area contributed by atoms with E-state index in [0.29, 0.717) is 5.41 Å². The van der Waals surface area contributed by atoms with Gasteiger partial charge in [-0.15, -0.1) is 0 Å². The van der Waals surface area contributed by atoms with Crippen molar-refractivity contribution in [3.63, 3.8) is 0 Å². The molecule has 0 radical (unpaired) electrons. The Kier molecular flexibility index (Phi) is 2.69. The number of nitrogens with one attached hydrogen (secondary N) is 1. The molecule has 0 atom stereocenters. The number of aromatic amines is 1. The molecule has 1 N–H and O–H groups in total. The summed E-state index contributed by atoms with van der Waals surface area (Å²) in [5, 5.41) is 7.98. The highest BCUT2D eigenvalue weighted by atomic mass is 15.2. The zero-order valence-corrected chi connectivity index (χ0v) is 11.0. The van der Waals surface area contributed by atoms with Crippen LogP contribution >= 0.6 is 0 Å². The zero-order chi connectivity index (χ0) is 12.6. The minimum Gasteiger partial charge on any atom is -0.356 e. The van der Waals surface area contributed by atoms with Gasteiger partial charge in [0.05, 0.1) is 11.6 Å². The second-order valence-corrected chi connectivity index (χ2v) is 5.83. The number of nitrogens with zero attached hydrogens (tertiary/aromatic N) is 4. The van der Waals surface area contributed by atoms with Crippen molar-refractivity contribution in [2.45, 2.75) is 33.1 Å². The fraction of sp³-hybridized carbons (Fsp3) is 0.615. The van der Waals surface area contributed by atoms with Gasteiger partial charge < -0.3 is 4.90 Å². The van der Waals surface area contributed by atoms with Crippen molar-refractivity contribution >= 4 is 16.9 Å². The molecule has 1 fully saturated rings. The molecule has 2 aromatic heterocycles. The highest BCUT2D eigenvalue weighted by Crippen LogP contribution is 2.32. The van der Waals surface area contributed by atoms with E-state index < -0.39 is 0 Å². The van der Waals surface area contributed by atoms with Crippen molar-refractivity contribution in [2.75, 3.05) is 18.0 Å². The first-order valence-electron chi connectivity index (χ1n) is 6.55. The van der Waals surface area contributed by atoms with Gasteiger partial charge in [-0.2, -0.15) is 5.10 Å². The van der Waals surface area contributed by atoms with E-state index in [0.717, 1.165) is 29.9 Å². The number of aromatic nitrogens is 4. The Balaban J connectivity index is 1.92. The SMILES string of the molecule is CC1(C)CCCN(c2ncnc3[nH]ncc23)CC1. The molecule has 1 saturated heterocycles. The minimum absolute atomic E-state index is 0.442. The summed E-state index contributed by atoms with van der Waals surface area (Å²) in [6.45, 7) is 6.83. The monoisotopic (exact) mass is 245 g/mol. The molecule has 0 amide bonds. The van der Waals surface area contributed by atoms with Crippen LogP contribution < -0.4 is 4.90 Å². The van der Waals surface area contributed by atoms with E-state index in [1.165, 1.54) is 19.3 Å². The molecule has 18 heavy (non-hydrogen) atoms. The molecule has 5 nitrogen and oxygen atoms in total. The maximum Gasteiger partial charge on any atom is 0.160 e. The van der Waals surface area contributed by atoms with Crippen molar-refractivity contribution < 1.29 is 0 Å². The lowest BCUT2D eigenvalue weighted by atomic mass is 9.85. The lowest BCUT2D eigenvalue weighted by Gasteiger charge is -2.24. The van der Waals surface area contributed by atoms with Crippen LogP contribution in [0.25, 0.3) is 11.0 Å². The highest BCUT2D eigenvalue weighted by Gasteiger charge is 2.24. The molecule has 2 aromatic rings. The number of anilines is 1. The summed E-state index contributed by atoms with van der Waals surface area (Å²) in [7, 11) is 0. The summed E-state index contributed by atoms with van der Waals surface area (Å²) in [5.74, 6) is 1.02. The van der Waals surface area contributed by atoms with Crippen LogP contribution in [0.2, 0.25) is 0 Å². The van der Waals surface area contributed by atoms with Gasteiger partial charge in [0, 0.05) is 13.1 Å². The summed E-state index contributed by atoms with van der Waals surface area (Å²) in [6.07, 6.45) is 7.14. The van der Waals surface area contributed by atoms with Gasteiger partial charge in [-0.05, 0) is 24.7 Å². The second kappa shape index (κ2) is 4.23. The van der Waals surface area contributed by atoms with Gasteiger partial charge >= 0.3 is 0 Å². The maximum absolute atomic E-state index is 4.45. The Bertz CT molecular complexity index is 545. The van der Waals surface area contributed by atoms with Crippen molar-refractivity contribution in [3.8, 4) is 0 Å². The van der Waals surface area contributed by atoms with Crippen LogP contribution in [-0.4, -0.2) is 33.3 Å². The third-order valence-electron chi connectivity index (χ3n) is 3.87.